The first kappa shape index (κ1) is 30.9. The number of nitrogens with zero attached hydrogens (tertiary/aromatic N) is 1. The molecule has 0 saturated heterocycles. The third-order valence-corrected chi connectivity index (χ3v) is 7.12. The van der Waals surface area contributed by atoms with Crippen molar-refractivity contribution in [2.24, 2.45) is 5.10 Å². The molecular weight excluding hydrogens is 674 g/mol. The number of rotatable bonds is 11. The highest BCUT2D eigenvalue weighted by Gasteiger charge is 2.32. The van der Waals surface area contributed by atoms with Crippen LogP contribution in [0.15, 0.2) is 83.1 Å². The lowest BCUT2D eigenvalue weighted by molar-refractivity contribution is -0.139. The molecule has 3 aromatic carbocycles. The van der Waals surface area contributed by atoms with Gasteiger partial charge in [0.1, 0.15) is 23.9 Å². The summed E-state index contributed by atoms with van der Waals surface area (Å²) in [7, 11) is 0. The zero-order chi connectivity index (χ0) is 30.1. The Balaban J connectivity index is 1.35. The van der Waals surface area contributed by atoms with Crippen LogP contribution in [0.4, 0.5) is 4.39 Å². The molecule has 1 aliphatic heterocycles. The van der Waals surface area contributed by atoms with Crippen molar-refractivity contribution < 1.29 is 28.2 Å². The van der Waals surface area contributed by atoms with Crippen molar-refractivity contribution in [2.75, 3.05) is 13.2 Å². The Bertz CT molecular complexity index is 1550. The van der Waals surface area contributed by atoms with Crippen molar-refractivity contribution in [3.05, 3.63) is 104 Å². The smallest absolute Gasteiger partial charge is 0.338 e. The number of hydrogen-bond acceptors (Lipinski definition) is 7. The molecule has 0 radical (unpaired) electrons. The highest BCUT2D eigenvalue weighted by molar-refractivity contribution is 14.1. The molecule has 12 heteroatoms. The summed E-state index contributed by atoms with van der Waals surface area (Å²) in [5.74, 6) is -0.281. The van der Waals surface area contributed by atoms with E-state index in [1.54, 1.807) is 68.4 Å². The number of carbonyl (C=O) groups excluding carboxylic acids is 2. The number of para-hydroxylation sites is 1. The van der Waals surface area contributed by atoms with E-state index in [-0.39, 0.29) is 25.6 Å². The molecule has 0 aromatic heterocycles. The molecule has 0 aliphatic carbocycles. The first-order valence-corrected chi connectivity index (χ1v) is 14.4. The van der Waals surface area contributed by atoms with Crippen LogP contribution >= 0.6 is 34.8 Å². The van der Waals surface area contributed by atoms with Crippen LogP contribution in [0.25, 0.3) is 0 Å². The van der Waals surface area contributed by atoms with Gasteiger partial charge in [0.05, 0.1) is 28.0 Å². The summed E-state index contributed by atoms with van der Waals surface area (Å²) < 4.78 is 31.5. The minimum absolute atomic E-state index is 0.107. The normalized spacial score (nSPS) is 14.7. The van der Waals surface area contributed by atoms with Crippen molar-refractivity contribution in [3.8, 4) is 11.5 Å². The van der Waals surface area contributed by atoms with Crippen LogP contribution in [0.2, 0.25) is 0 Å². The molecule has 0 unspecified atom stereocenters. The van der Waals surface area contributed by atoms with Crippen molar-refractivity contribution in [3.63, 3.8) is 0 Å². The molecule has 42 heavy (non-hydrogen) atoms. The lowest BCUT2D eigenvalue weighted by Gasteiger charge is -2.30. The Labute approximate surface area is 261 Å². The van der Waals surface area contributed by atoms with Crippen molar-refractivity contribution in [2.45, 2.75) is 26.5 Å². The largest absolute Gasteiger partial charge is 0.488 e. The maximum Gasteiger partial charge on any atom is 0.338 e. The molecule has 1 aliphatic rings. The molecule has 9 nitrogen and oxygen atoms in total. The van der Waals surface area contributed by atoms with Crippen LogP contribution in [0.5, 0.6) is 11.5 Å². The Morgan fingerprint density at radius 2 is 1.86 bits per heavy atom. The van der Waals surface area contributed by atoms with Crippen LogP contribution in [-0.2, 0) is 20.9 Å². The third-order valence-electron chi connectivity index (χ3n) is 6.05. The molecular formula is C30H28FIN4O5S. The Hall–Kier alpha value is -4.04. The van der Waals surface area contributed by atoms with Crippen molar-refractivity contribution >= 4 is 58.0 Å². The first-order valence-electron chi connectivity index (χ1n) is 12.9. The number of hydrazone groups is 1. The minimum Gasteiger partial charge on any atom is -0.488 e. The number of hydrogen-bond donors (Lipinski definition) is 3. The molecule has 1 heterocycles. The molecule has 1 atom stereocenters. The standard InChI is InChI=1S/C30H28FIN4O5S/c1-3-39-29(38)27-18(2)34-30(42)35-28(27)21-9-5-7-11-24(21)41-17-26(37)36-33-15-19-12-13-25(23(32)14-19)40-16-20-8-4-6-10-22(20)31/h4-15,28H,3,16-17H2,1-2H3,(H,36,37)(H2,34,35,42)/t28-/m0/s1. The van der Waals surface area contributed by atoms with Gasteiger partial charge in [0.2, 0.25) is 0 Å². The number of carbonyl (C=O) groups is 2. The summed E-state index contributed by atoms with van der Waals surface area (Å²) in [5, 5.41) is 10.4. The number of ether oxygens (including phenoxy) is 3. The van der Waals surface area contributed by atoms with E-state index >= 15 is 0 Å². The SMILES string of the molecule is CCOC(=O)C1=C(C)NC(=S)N[C@H]1c1ccccc1OCC(=O)NN=Cc1ccc(OCc2ccccc2F)c(I)c1. The summed E-state index contributed by atoms with van der Waals surface area (Å²) in [6.45, 7) is 3.49. The monoisotopic (exact) mass is 702 g/mol. The second kappa shape index (κ2) is 14.7. The van der Waals surface area contributed by atoms with Crippen LogP contribution in [0, 0.1) is 9.39 Å². The maximum absolute atomic E-state index is 13.8. The van der Waals surface area contributed by atoms with E-state index in [4.69, 9.17) is 26.4 Å². The number of thiocarbonyl (C=S) groups is 1. The lowest BCUT2D eigenvalue weighted by Crippen LogP contribution is -2.45. The van der Waals surface area contributed by atoms with E-state index in [0.29, 0.717) is 39.0 Å². The number of amides is 1. The summed E-state index contributed by atoms with van der Waals surface area (Å²) in [6, 6.07) is 18.2. The molecule has 1 amide bonds. The summed E-state index contributed by atoms with van der Waals surface area (Å²) >= 11 is 7.42. The highest BCUT2D eigenvalue weighted by atomic mass is 127. The zero-order valence-electron chi connectivity index (χ0n) is 22.8. The molecule has 3 aromatic rings. The van der Waals surface area contributed by atoms with Crippen LogP contribution in [-0.4, -0.2) is 36.4 Å². The molecule has 0 saturated carbocycles. The van der Waals surface area contributed by atoms with Gasteiger partial charge in [-0.15, -0.1) is 0 Å². The van der Waals surface area contributed by atoms with Gasteiger partial charge in [-0.25, -0.2) is 14.6 Å². The number of esters is 1. The van der Waals surface area contributed by atoms with Crippen molar-refractivity contribution in [1.29, 1.82) is 0 Å². The van der Waals surface area contributed by atoms with E-state index in [9.17, 15) is 14.0 Å². The molecule has 4 rings (SSSR count). The number of nitrogens with one attached hydrogen (secondary N) is 3. The summed E-state index contributed by atoms with van der Waals surface area (Å²) in [5.41, 5.74) is 5.20. The molecule has 0 bridgehead atoms. The van der Waals surface area contributed by atoms with Gasteiger partial charge in [0.25, 0.3) is 5.91 Å². The summed E-state index contributed by atoms with van der Waals surface area (Å²) in [4.78, 5) is 25.2. The van der Waals surface area contributed by atoms with Gasteiger partial charge in [-0.1, -0.05) is 36.4 Å². The Kier molecular flexibility index (Phi) is 10.8. The van der Waals surface area contributed by atoms with E-state index in [1.165, 1.54) is 12.3 Å². The average Bonchev–Trinajstić information content (AvgIpc) is 2.96. The van der Waals surface area contributed by atoms with Gasteiger partial charge >= 0.3 is 5.97 Å². The fraction of sp³-hybridized carbons (Fsp3) is 0.200. The van der Waals surface area contributed by atoms with Crippen LogP contribution in [0.1, 0.15) is 36.6 Å². The molecule has 3 N–H and O–H groups in total. The fourth-order valence-electron chi connectivity index (χ4n) is 4.10. The van der Waals surface area contributed by atoms with Gasteiger partial charge in [-0.3, -0.25) is 4.79 Å². The lowest BCUT2D eigenvalue weighted by atomic mass is 9.95. The predicted octanol–water partition coefficient (Wildman–Crippen LogP) is 4.89. The van der Waals surface area contributed by atoms with E-state index in [2.05, 4.69) is 43.8 Å². The van der Waals surface area contributed by atoms with Crippen molar-refractivity contribution in [1.82, 2.24) is 16.1 Å². The second-order valence-corrected chi connectivity index (χ2v) is 10.6. The Morgan fingerprint density at radius 3 is 2.62 bits per heavy atom. The zero-order valence-corrected chi connectivity index (χ0v) is 25.8. The molecule has 0 fully saturated rings. The van der Waals surface area contributed by atoms with Crippen LogP contribution < -0.4 is 25.5 Å². The van der Waals surface area contributed by atoms with E-state index < -0.39 is 17.9 Å². The van der Waals surface area contributed by atoms with Crippen LogP contribution in [0.3, 0.4) is 0 Å². The fourth-order valence-corrected chi connectivity index (χ4v) is 5.06. The van der Waals surface area contributed by atoms with Gasteiger partial charge in [0, 0.05) is 16.8 Å². The average molecular weight is 703 g/mol. The highest BCUT2D eigenvalue weighted by Crippen LogP contribution is 2.33. The van der Waals surface area contributed by atoms with Gasteiger partial charge < -0.3 is 24.8 Å². The predicted molar refractivity (Wildman–Crippen MR) is 169 cm³/mol. The quantitative estimate of drug-likeness (QED) is 0.0853. The van der Waals surface area contributed by atoms with Gasteiger partial charge in [0.15, 0.2) is 11.7 Å². The van der Waals surface area contributed by atoms with Gasteiger partial charge in [-0.2, -0.15) is 5.10 Å². The van der Waals surface area contributed by atoms with Gasteiger partial charge in [-0.05, 0) is 84.6 Å². The number of halogens is 2. The molecule has 0 spiro atoms. The third kappa shape index (κ3) is 8.03. The maximum atomic E-state index is 13.8. The second-order valence-electron chi connectivity index (χ2n) is 8.98. The minimum atomic E-state index is -0.628. The molecule has 218 valence electrons. The Morgan fingerprint density at radius 1 is 1.10 bits per heavy atom. The topological polar surface area (TPSA) is 110 Å². The number of allylic oxidation sites excluding steroid dienone is 1. The number of benzene rings is 3. The van der Waals surface area contributed by atoms with E-state index in [1.807, 2.05) is 6.07 Å². The summed E-state index contributed by atoms with van der Waals surface area (Å²) in [6.07, 6.45) is 1.49. The van der Waals surface area contributed by atoms with E-state index in [0.717, 1.165) is 9.13 Å². The first-order chi connectivity index (χ1) is 20.3.